The predicted octanol–water partition coefficient (Wildman–Crippen LogP) is 4.60. The number of rotatable bonds is 6. The second kappa shape index (κ2) is 8.41. The number of amides is 2. The van der Waals surface area contributed by atoms with Gasteiger partial charge in [-0.3, -0.25) is 9.59 Å². The van der Waals surface area contributed by atoms with Crippen molar-refractivity contribution in [2.75, 3.05) is 18.1 Å². The maximum absolute atomic E-state index is 13.0. The normalized spacial score (nSPS) is 15.5. The Morgan fingerprint density at radius 3 is 2.57 bits per heavy atom. The molecule has 1 unspecified atom stereocenters. The van der Waals surface area contributed by atoms with E-state index in [-0.39, 0.29) is 11.8 Å². The molecule has 0 fully saturated rings. The second-order valence-corrected chi connectivity index (χ2v) is 7.71. The van der Waals surface area contributed by atoms with Crippen LogP contribution in [0.4, 0.5) is 5.69 Å². The third-order valence-electron chi connectivity index (χ3n) is 4.73. The lowest BCUT2D eigenvalue weighted by atomic mass is 9.99. The van der Waals surface area contributed by atoms with Gasteiger partial charge in [0, 0.05) is 24.1 Å². The first-order chi connectivity index (χ1) is 13.3. The summed E-state index contributed by atoms with van der Waals surface area (Å²) in [6.07, 6.45) is 0.615. The zero-order valence-electron chi connectivity index (χ0n) is 16.0. The number of nitrogens with one attached hydrogen (secondary N) is 1. The fourth-order valence-corrected chi connectivity index (χ4v) is 3.95. The average Bonchev–Trinajstić information content (AvgIpc) is 2.90. The summed E-state index contributed by atoms with van der Waals surface area (Å²) in [5.41, 5.74) is 3.75. The van der Waals surface area contributed by atoms with Gasteiger partial charge in [-0.1, -0.05) is 35.3 Å². The van der Waals surface area contributed by atoms with Crippen LogP contribution < -0.4 is 15.0 Å². The maximum Gasteiger partial charge on any atom is 0.254 e. The van der Waals surface area contributed by atoms with E-state index in [0.717, 1.165) is 22.4 Å². The predicted molar refractivity (Wildman–Crippen MR) is 111 cm³/mol. The number of nitrogens with zero attached hydrogens (tertiary/aromatic N) is 1. The quantitative estimate of drug-likeness (QED) is 0.694. The van der Waals surface area contributed by atoms with Crippen LogP contribution in [0.1, 0.15) is 36.1 Å². The molecule has 0 radical (unpaired) electrons. The molecule has 2 aromatic carbocycles. The Morgan fingerprint density at radius 1 is 1.18 bits per heavy atom. The van der Waals surface area contributed by atoms with Crippen molar-refractivity contribution in [3.8, 4) is 5.75 Å². The third kappa shape index (κ3) is 4.10. The van der Waals surface area contributed by atoms with Crippen LogP contribution in [0.3, 0.4) is 0 Å². The Kier molecular flexibility index (Phi) is 6.16. The summed E-state index contributed by atoms with van der Waals surface area (Å²) in [4.78, 5) is 26.3. The molecule has 0 aliphatic carbocycles. The van der Waals surface area contributed by atoms with Crippen molar-refractivity contribution >= 4 is 40.7 Å². The van der Waals surface area contributed by atoms with Gasteiger partial charge in [0.25, 0.3) is 5.91 Å². The molecule has 2 amide bonds. The molecule has 7 heteroatoms. The molecule has 28 heavy (non-hydrogen) atoms. The van der Waals surface area contributed by atoms with Gasteiger partial charge in [-0.05, 0) is 49.6 Å². The highest BCUT2D eigenvalue weighted by Gasteiger charge is 2.39. The van der Waals surface area contributed by atoms with E-state index in [1.165, 1.54) is 6.92 Å². The van der Waals surface area contributed by atoms with E-state index in [9.17, 15) is 9.59 Å². The standard InChI is InChI=1S/C21H22Cl2N2O3/c1-12-5-6-13(2)20-18(12)19(24-14(3)26)21(27)25(20)9-4-10-28-17-8-7-15(22)11-16(17)23/h5-8,11,19H,4,9-10H2,1-3H3,(H,24,26). The molecule has 1 atom stereocenters. The van der Waals surface area contributed by atoms with Crippen molar-refractivity contribution in [3.05, 3.63) is 57.1 Å². The van der Waals surface area contributed by atoms with Crippen LogP contribution in [0, 0.1) is 13.8 Å². The van der Waals surface area contributed by atoms with Gasteiger partial charge in [0.15, 0.2) is 0 Å². The van der Waals surface area contributed by atoms with Gasteiger partial charge in [-0.2, -0.15) is 0 Å². The van der Waals surface area contributed by atoms with Crippen LogP contribution in [0.5, 0.6) is 5.75 Å². The van der Waals surface area contributed by atoms with Crippen LogP contribution in [0.25, 0.3) is 0 Å². The number of benzene rings is 2. The number of hydrogen-bond acceptors (Lipinski definition) is 3. The van der Waals surface area contributed by atoms with E-state index in [2.05, 4.69) is 5.32 Å². The van der Waals surface area contributed by atoms with E-state index < -0.39 is 6.04 Å². The molecule has 5 nitrogen and oxygen atoms in total. The molecule has 148 valence electrons. The summed E-state index contributed by atoms with van der Waals surface area (Å²) in [5, 5.41) is 3.78. The number of carbonyl (C=O) groups excluding carboxylic acids is 2. The summed E-state index contributed by atoms with van der Waals surface area (Å²) in [5.74, 6) is 0.210. The Hall–Kier alpha value is -2.24. The van der Waals surface area contributed by atoms with Crippen LogP contribution in [-0.2, 0) is 9.59 Å². The highest BCUT2D eigenvalue weighted by atomic mass is 35.5. The number of anilines is 1. The summed E-state index contributed by atoms with van der Waals surface area (Å²) in [7, 11) is 0. The van der Waals surface area contributed by atoms with E-state index in [1.807, 2.05) is 26.0 Å². The summed E-state index contributed by atoms with van der Waals surface area (Å²) in [6, 6.07) is 8.40. The number of fused-ring (bicyclic) bond motifs is 1. The van der Waals surface area contributed by atoms with Gasteiger partial charge < -0.3 is 15.0 Å². The van der Waals surface area contributed by atoms with Gasteiger partial charge in [0.2, 0.25) is 5.91 Å². The molecular formula is C21H22Cl2N2O3. The summed E-state index contributed by atoms with van der Waals surface area (Å²) in [6.45, 7) is 6.23. The number of aryl methyl sites for hydroxylation is 2. The van der Waals surface area contributed by atoms with Crippen LogP contribution in [0.15, 0.2) is 30.3 Å². The highest BCUT2D eigenvalue weighted by Crippen LogP contribution is 2.40. The van der Waals surface area contributed by atoms with Gasteiger partial charge in [0.05, 0.1) is 17.3 Å². The van der Waals surface area contributed by atoms with E-state index in [4.69, 9.17) is 27.9 Å². The first-order valence-corrected chi connectivity index (χ1v) is 9.81. The molecule has 0 spiro atoms. The molecular weight excluding hydrogens is 399 g/mol. The minimum Gasteiger partial charge on any atom is -0.492 e. The zero-order chi connectivity index (χ0) is 20.4. The monoisotopic (exact) mass is 420 g/mol. The van der Waals surface area contributed by atoms with Crippen molar-refractivity contribution in [1.82, 2.24) is 5.32 Å². The molecule has 0 saturated heterocycles. The highest BCUT2D eigenvalue weighted by molar-refractivity contribution is 6.35. The molecule has 1 aliphatic rings. The lowest BCUT2D eigenvalue weighted by Crippen LogP contribution is -2.37. The van der Waals surface area contributed by atoms with Gasteiger partial charge in [0.1, 0.15) is 11.8 Å². The fraction of sp³-hybridized carbons (Fsp3) is 0.333. The van der Waals surface area contributed by atoms with Crippen molar-refractivity contribution in [3.63, 3.8) is 0 Å². The van der Waals surface area contributed by atoms with Crippen molar-refractivity contribution in [1.29, 1.82) is 0 Å². The lowest BCUT2D eigenvalue weighted by Gasteiger charge is -2.20. The maximum atomic E-state index is 13.0. The minimum absolute atomic E-state index is 0.118. The van der Waals surface area contributed by atoms with E-state index in [1.54, 1.807) is 23.1 Å². The summed E-state index contributed by atoms with van der Waals surface area (Å²) < 4.78 is 5.72. The number of hydrogen-bond donors (Lipinski definition) is 1. The van der Waals surface area contributed by atoms with Crippen molar-refractivity contribution in [2.45, 2.75) is 33.2 Å². The smallest absolute Gasteiger partial charge is 0.254 e. The SMILES string of the molecule is CC(=O)NC1C(=O)N(CCCOc2ccc(Cl)cc2Cl)c2c(C)ccc(C)c21. The third-order valence-corrected chi connectivity index (χ3v) is 5.26. The molecule has 1 aliphatic heterocycles. The Bertz CT molecular complexity index is 930. The average molecular weight is 421 g/mol. The van der Waals surface area contributed by atoms with E-state index >= 15 is 0 Å². The Morgan fingerprint density at radius 2 is 1.89 bits per heavy atom. The zero-order valence-corrected chi connectivity index (χ0v) is 17.5. The molecule has 1 N–H and O–H groups in total. The van der Waals surface area contributed by atoms with Gasteiger partial charge in [-0.15, -0.1) is 0 Å². The van der Waals surface area contributed by atoms with Crippen molar-refractivity contribution < 1.29 is 14.3 Å². The molecule has 0 saturated carbocycles. The Balaban J connectivity index is 1.73. The number of halogens is 2. The Labute approximate surface area is 174 Å². The molecule has 2 aromatic rings. The lowest BCUT2D eigenvalue weighted by molar-refractivity contribution is -0.126. The minimum atomic E-state index is -0.640. The van der Waals surface area contributed by atoms with Gasteiger partial charge in [-0.25, -0.2) is 0 Å². The van der Waals surface area contributed by atoms with Crippen LogP contribution >= 0.6 is 23.2 Å². The number of carbonyl (C=O) groups is 2. The first kappa shape index (κ1) is 20.5. The molecule has 3 rings (SSSR count). The van der Waals surface area contributed by atoms with E-state index in [0.29, 0.717) is 35.4 Å². The van der Waals surface area contributed by atoms with Gasteiger partial charge >= 0.3 is 0 Å². The molecule has 0 aromatic heterocycles. The molecule has 1 heterocycles. The second-order valence-electron chi connectivity index (χ2n) is 6.86. The van der Waals surface area contributed by atoms with Crippen molar-refractivity contribution in [2.24, 2.45) is 0 Å². The number of ether oxygens (including phenoxy) is 1. The largest absolute Gasteiger partial charge is 0.492 e. The van der Waals surface area contributed by atoms with Crippen LogP contribution in [0.2, 0.25) is 10.0 Å². The molecule has 0 bridgehead atoms. The van der Waals surface area contributed by atoms with Crippen LogP contribution in [-0.4, -0.2) is 25.0 Å². The summed E-state index contributed by atoms with van der Waals surface area (Å²) >= 11 is 12.0. The first-order valence-electron chi connectivity index (χ1n) is 9.06. The fourth-order valence-electron chi connectivity index (χ4n) is 3.49. The topological polar surface area (TPSA) is 58.6 Å².